The van der Waals surface area contributed by atoms with Crippen molar-refractivity contribution in [2.75, 3.05) is 13.1 Å². The van der Waals surface area contributed by atoms with Crippen LogP contribution in [0.25, 0.3) is 0 Å². The summed E-state index contributed by atoms with van der Waals surface area (Å²) in [7, 11) is 0. The third kappa shape index (κ3) is 2.97. The molecule has 2 aliphatic heterocycles. The highest BCUT2D eigenvalue weighted by Gasteiger charge is 2.52. The Morgan fingerprint density at radius 1 is 1.12 bits per heavy atom. The van der Waals surface area contributed by atoms with Crippen LogP contribution in [0.15, 0.2) is 24.3 Å². The van der Waals surface area contributed by atoms with Gasteiger partial charge in [0.2, 0.25) is 5.91 Å². The average Bonchev–Trinajstić information content (AvgIpc) is 3.21. The first-order chi connectivity index (χ1) is 12.6. The van der Waals surface area contributed by atoms with E-state index in [4.69, 9.17) is 0 Å². The summed E-state index contributed by atoms with van der Waals surface area (Å²) in [5.74, 6) is 0.00138. The molecule has 0 radical (unpaired) electrons. The fourth-order valence-corrected chi connectivity index (χ4v) is 4.45. The lowest BCUT2D eigenvalue weighted by atomic mass is 9.98. The number of carbonyl (C=O) groups excluding carboxylic acids is 3. The molecule has 0 aromatic heterocycles. The van der Waals surface area contributed by atoms with Gasteiger partial charge in [-0.15, -0.1) is 0 Å². The molecule has 138 valence electrons. The smallest absolute Gasteiger partial charge is 0.325 e. The van der Waals surface area contributed by atoms with Gasteiger partial charge in [-0.05, 0) is 36.8 Å². The molecule has 0 atom stereocenters. The van der Waals surface area contributed by atoms with Crippen LogP contribution in [0.1, 0.15) is 49.7 Å². The minimum absolute atomic E-state index is 0.0978. The van der Waals surface area contributed by atoms with E-state index in [1.54, 1.807) is 0 Å². The standard InChI is InChI=1S/C20H25N3O3/c24-17(22-13-9-15-6-1-2-7-16(15)14-22)8-5-12-23-18(25)20(21-19(23)26)10-3-4-11-20/h1-2,6-7H,3-5,8-14H2,(H,21,26). The maximum Gasteiger partial charge on any atom is 0.325 e. The molecule has 0 bridgehead atoms. The molecule has 4 amide bonds. The van der Waals surface area contributed by atoms with E-state index >= 15 is 0 Å². The highest BCUT2D eigenvalue weighted by molar-refractivity contribution is 6.07. The summed E-state index contributed by atoms with van der Waals surface area (Å²) in [4.78, 5) is 40.5. The van der Waals surface area contributed by atoms with Crippen LogP contribution < -0.4 is 5.32 Å². The van der Waals surface area contributed by atoms with E-state index < -0.39 is 5.54 Å². The molecule has 2 heterocycles. The van der Waals surface area contributed by atoms with E-state index in [9.17, 15) is 14.4 Å². The Labute approximate surface area is 153 Å². The number of nitrogens with one attached hydrogen (secondary N) is 1. The normalized spacial score (nSPS) is 21.2. The molecule has 1 aromatic carbocycles. The summed E-state index contributed by atoms with van der Waals surface area (Å²) < 4.78 is 0. The molecule has 1 N–H and O–H groups in total. The monoisotopic (exact) mass is 355 g/mol. The molecule has 1 aromatic rings. The lowest BCUT2D eigenvalue weighted by Gasteiger charge is -2.29. The molecule has 1 aliphatic carbocycles. The van der Waals surface area contributed by atoms with Crippen molar-refractivity contribution in [3.8, 4) is 0 Å². The van der Waals surface area contributed by atoms with Gasteiger partial charge < -0.3 is 10.2 Å². The second-order valence-corrected chi connectivity index (χ2v) is 7.61. The van der Waals surface area contributed by atoms with E-state index in [0.29, 0.717) is 25.9 Å². The Kier molecular flexibility index (Phi) is 4.42. The Morgan fingerprint density at radius 2 is 1.85 bits per heavy atom. The zero-order valence-electron chi connectivity index (χ0n) is 15.0. The first-order valence-corrected chi connectivity index (χ1v) is 9.58. The van der Waals surface area contributed by atoms with Crippen LogP contribution in [0.2, 0.25) is 0 Å². The second kappa shape index (κ2) is 6.74. The van der Waals surface area contributed by atoms with E-state index in [1.807, 2.05) is 17.0 Å². The van der Waals surface area contributed by atoms with Crippen LogP contribution in [0.3, 0.4) is 0 Å². The maximum atomic E-state index is 12.6. The van der Waals surface area contributed by atoms with E-state index in [1.165, 1.54) is 16.0 Å². The van der Waals surface area contributed by atoms with Crippen molar-refractivity contribution in [1.82, 2.24) is 15.1 Å². The number of hydrogen-bond donors (Lipinski definition) is 1. The Hall–Kier alpha value is -2.37. The minimum Gasteiger partial charge on any atom is -0.338 e. The lowest BCUT2D eigenvalue weighted by molar-refractivity contribution is -0.134. The van der Waals surface area contributed by atoms with Gasteiger partial charge in [-0.2, -0.15) is 0 Å². The van der Waals surface area contributed by atoms with Crippen LogP contribution in [0.4, 0.5) is 4.79 Å². The zero-order valence-corrected chi connectivity index (χ0v) is 15.0. The molecule has 26 heavy (non-hydrogen) atoms. The number of nitrogens with zero attached hydrogens (tertiary/aromatic N) is 2. The van der Waals surface area contributed by atoms with Gasteiger partial charge in [0.1, 0.15) is 5.54 Å². The number of hydrogen-bond acceptors (Lipinski definition) is 3. The van der Waals surface area contributed by atoms with Crippen molar-refractivity contribution >= 4 is 17.8 Å². The molecule has 2 fully saturated rings. The van der Waals surface area contributed by atoms with Crippen molar-refractivity contribution in [3.05, 3.63) is 35.4 Å². The molecule has 3 aliphatic rings. The van der Waals surface area contributed by atoms with Crippen LogP contribution >= 0.6 is 0 Å². The Bertz CT molecular complexity index is 740. The van der Waals surface area contributed by atoms with E-state index in [-0.39, 0.29) is 17.8 Å². The van der Waals surface area contributed by atoms with Crippen molar-refractivity contribution in [1.29, 1.82) is 0 Å². The molecular formula is C20H25N3O3. The largest absolute Gasteiger partial charge is 0.338 e. The van der Waals surface area contributed by atoms with Gasteiger partial charge in [0, 0.05) is 26.1 Å². The van der Waals surface area contributed by atoms with Gasteiger partial charge in [-0.25, -0.2) is 4.79 Å². The van der Waals surface area contributed by atoms with Crippen molar-refractivity contribution in [2.24, 2.45) is 0 Å². The first kappa shape index (κ1) is 17.1. The Balaban J connectivity index is 1.29. The van der Waals surface area contributed by atoms with Gasteiger partial charge in [0.15, 0.2) is 0 Å². The lowest BCUT2D eigenvalue weighted by Crippen LogP contribution is -2.44. The summed E-state index contributed by atoms with van der Waals surface area (Å²) >= 11 is 0. The van der Waals surface area contributed by atoms with Gasteiger partial charge in [0.25, 0.3) is 5.91 Å². The van der Waals surface area contributed by atoms with Crippen molar-refractivity contribution < 1.29 is 14.4 Å². The summed E-state index contributed by atoms with van der Waals surface area (Å²) in [5.41, 5.74) is 1.87. The number of benzene rings is 1. The fraction of sp³-hybridized carbons (Fsp3) is 0.550. The molecular weight excluding hydrogens is 330 g/mol. The fourth-order valence-electron chi connectivity index (χ4n) is 4.45. The Morgan fingerprint density at radius 3 is 2.62 bits per heavy atom. The van der Waals surface area contributed by atoms with Gasteiger partial charge in [0.05, 0.1) is 0 Å². The number of urea groups is 1. The van der Waals surface area contributed by atoms with Crippen molar-refractivity contribution in [2.45, 2.75) is 57.0 Å². The van der Waals surface area contributed by atoms with E-state index in [0.717, 1.165) is 38.6 Å². The van der Waals surface area contributed by atoms with Gasteiger partial charge >= 0.3 is 6.03 Å². The topological polar surface area (TPSA) is 69.7 Å². The van der Waals surface area contributed by atoms with Crippen LogP contribution in [-0.4, -0.2) is 46.3 Å². The summed E-state index contributed by atoms with van der Waals surface area (Å²) in [6.07, 6.45) is 5.21. The molecule has 4 rings (SSSR count). The van der Waals surface area contributed by atoms with Crippen LogP contribution in [0.5, 0.6) is 0 Å². The number of rotatable bonds is 4. The third-order valence-corrected chi connectivity index (χ3v) is 5.96. The predicted octanol–water partition coefficient (Wildman–Crippen LogP) is 2.22. The van der Waals surface area contributed by atoms with Crippen LogP contribution in [0, 0.1) is 0 Å². The maximum absolute atomic E-state index is 12.6. The average molecular weight is 355 g/mol. The quantitative estimate of drug-likeness (QED) is 0.842. The SMILES string of the molecule is O=C(CCCN1C(=O)NC2(CCCC2)C1=O)N1CCc2ccccc2C1. The third-order valence-electron chi connectivity index (χ3n) is 5.96. The number of fused-ring (bicyclic) bond motifs is 1. The van der Waals surface area contributed by atoms with Gasteiger partial charge in [-0.3, -0.25) is 14.5 Å². The highest BCUT2D eigenvalue weighted by atomic mass is 16.2. The van der Waals surface area contributed by atoms with Crippen LogP contribution in [-0.2, 0) is 22.6 Å². The number of imide groups is 1. The summed E-state index contributed by atoms with van der Waals surface area (Å²) in [6, 6.07) is 7.93. The molecule has 1 spiro atoms. The predicted molar refractivity (Wildman–Crippen MR) is 96.2 cm³/mol. The molecule has 0 unspecified atom stereocenters. The summed E-state index contributed by atoms with van der Waals surface area (Å²) in [5, 5.41) is 2.88. The highest BCUT2D eigenvalue weighted by Crippen LogP contribution is 2.35. The molecule has 1 saturated carbocycles. The van der Waals surface area contributed by atoms with Gasteiger partial charge in [-0.1, -0.05) is 37.1 Å². The number of carbonyl (C=O) groups is 3. The summed E-state index contributed by atoms with van der Waals surface area (Å²) in [6.45, 7) is 1.71. The molecule has 6 heteroatoms. The molecule has 1 saturated heterocycles. The number of amides is 4. The minimum atomic E-state index is -0.655. The zero-order chi connectivity index (χ0) is 18.1. The first-order valence-electron chi connectivity index (χ1n) is 9.58. The molecule has 6 nitrogen and oxygen atoms in total. The van der Waals surface area contributed by atoms with E-state index in [2.05, 4.69) is 17.4 Å². The van der Waals surface area contributed by atoms with Crippen molar-refractivity contribution in [3.63, 3.8) is 0 Å². The second-order valence-electron chi connectivity index (χ2n) is 7.61.